The van der Waals surface area contributed by atoms with Gasteiger partial charge in [-0.2, -0.15) is 0 Å². The number of carbonyl (C=O) groups is 1. The second-order valence-corrected chi connectivity index (χ2v) is 4.50. The Kier molecular flexibility index (Phi) is 2.81. The smallest absolute Gasteiger partial charge is 0.228 e. The number of phenols is 1. The van der Waals surface area contributed by atoms with Crippen LogP contribution in [0.2, 0.25) is 0 Å². The van der Waals surface area contributed by atoms with Gasteiger partial charge >= 0.3 is 0 Å². The molecule has 0 bridgehead atoms. The van der Waals surface area contributed by atoms with Gasteiger partial charge in [0, 0.05) is 24.6 Å². The average Bonchev–Trinajstić information content (AvgIpc) is 2.59. The van der Waals surface area contributed by atoms with Crippen LogP contribution in [0.3, 0.4) is 0 Å². The van der Waals surface area contributed by atoms with Crippen molar-refractivity contribution in [1.82, 2.24) is 0 Å². The summed E-state index contributed by atoms with van der Waals surface area (Å²) in [5.41, 5.74) is 2.67. The zero-order valence-corrected chi connectivity index (χ0v) is 10.0. The molecule has 2 rings (SSSR count). The Hall–Kier alpha value is -1.95. The summed E-state index contributed by atoms with van der Waals surface area (Å²) >= 11 is 0. The predicted octanol–water partition coefficient (Wildman–Crippen LogP) is 2.00. The Bertz CT molecular complexity index is 490. The van der Waals surface area contributed by atoms with Gasteiger partial charge in [-0.3, -0.25) is 4.79 Å². The zero-order valence-electron chi connectivity index (χ0n) is 10.0. The van der Waals surface area contributed by atoms with Crippen LogP contribution in [-0.4, -0.2) is 17.6 Å². The first-order valence-corrected chi connectivity index (χ1v) is 5.59. The van der Waals surface area contributed by atoms with Crippen molar-refractivity contribution in [3.63, 3.8) is 0 Å². The third-order valence-corrected chi connectivity index (χ3v) is 3.11. The fraction of sp³-hybridized carbons (Fsp3) is 0.357. The van der Waals surface area contributed by atoms with Gasteiger partial charge in [0.25, 0.3) is 0 Å². The van der Waals surface area contributed by atoms with Crippen LogP contribution in [0.1, 0.15) is 17.5 Å². The normalized spacial score (nSPS) is 19.5. The van der Waals surface area contributed by atoms with E-state index in [9.17, 15) is 9.90 Å². The Balaban J connectivity index is 2.42. The molecule has 1 N–H and O–H groups in total. The zero-order chi connectivity index (χ0) is 12.6. The van der Waals surface area contributed by atoms with Crippen LogP contribution < -0.4 is 4.90 Å². The lowest BCUT2D eigenvalue weighted by Gasteiger charge is -2.21. The summed E-state index contributed by atoms with van der Waals surface area (Å²) in [7, 11) is 0. The van der Waals surface area contributed by atoms with Gasteiger partial charge < -0.3 is 10.0 Å². The van der Waals surface area contributed by atoms with Gasteiger partial charge in [0.1, 0.15) is 5.75 Å². The van der Waals surface area contributed by atoms with Gasteiger partial charge in [-0.1, -0.05) is 0 Å². The summed E-state index contributed by atoms with van der Waals surface area (Å²) < 4.78 is 0. The molecule has 1 atom stereocenters. The lowest BCUT2D eigenvalue weighted by atomic mass is 10.1. The number of hydrogen-bond donors (Lipinski definition) is 1. The van der Waals surface area contributed by atoms with Crippen LogP contribution >= 0.6 is 0 Å². The summed E-state index contributed by atoms with van der Waals surface area (Å²) in [5.74, 6) is 2.91. The van der Waals surface area contributed by atoms with Crippen molar-refractivity contribution in [2.45, 2.75) is 20.3 Å². The maximum atomic E-state index is 11.9. The molecule has 3 heteroatoms. The number of phenolic OH excluding ortho intramolecular Hbond substituents is 1. The number of rotatable bonds is 1. The molecule has 0 spiro atoms. The average molecular weight is 229 g/mol. The Morgan fingerprint density at radius 1 is 1.41 bits per heavy atom. The van der Waals surface area contributed by atoms with Crippen molar-refractivity contribution >= 4 is 11.6 Å². The first-order valence-electron chi connectivity index (χ1n) is 5.59. The van der Waals surface area contributed by atoms with Crippen molar-refractivity contribution in [3.8, 4) is 18.1 Å². The molecule has 0 saturated carbocycles. The van der Waals surface area contributed by atoms with Crippen molar-refractivity contribution in [2.75, 3.05) is 11.4 Å². The molecule has 0 aromatic heterocycles. The molecule has 1 aliphatic rings. The van der Waals surface area contributed by atoms with Crippen molar-refractivity contribution in [2.24, 2.45) is 5.92 Å². The number of aryl methyl sites for hydroxylation is 2. The molecule has 17 heavy (non-hydrogen) atoms. The minimum absolute atomic E-state index is 0.00453. The lowest BCUT2D eigenvalue weighted by molar-refractivity contribution is -0.117. The van der Waals surface area contributed by atoms with E-state index in [1.807, 2.05) is 13.8 Å². The highest BCUT2D eigenvalue weighted by Gasteiger charge is 2.31. The summed E-state index contributed by atoms with van der Waals surface area (Å²) in [6, 6.07) is 3.33. The number of nitrogens with zero attached hydrogens (tertiary/aromatic N) is 1. The Labute approximate surface area is 101 Å². The lowest BCUT2D eigenvalue weighted by Crippen LogP contribution is -2.26. The molecule has 1 amide bonds. The van der Waals surface area contributed by atoms with E-state index in [2.05, 4.69) is 5.92 Å². The molecule has 1 aromatic rings. The van der Waals surface area contributed by atoms with Crippen LogP contribution in [0.15, 0.2) is 12.1 Å². The predicted molar refractivity (Wildman–Crippen MR) is 66.9 cm³/mol. The molecular formula is C14H15NO2. The molecule has 1 fully saturated rings. The highest BCUT2D eigenvalue weighted by atomic mass is 16.3. The van der Waals surface area contributed by atoms with Crippen LogP contribution in [-0.2, 0) is 4.79 Å². The molecule has 1 saturated heterocycles. The molecule has 1 heterocycles. The quantitative estimate of drug-likeness (QED) is 0.748. The van der Waals surface area contributed by atoms with E-state index in [1.54, 1.807) is 17.0 Å². The maximum Gasteiger partial charge on any atom is 0.228 e. The van der Waals surface area contributed by atoms with Crippen molar-refractivity contribution in [1.29, 1.82) is 0 Å². The van der Waals surface area contributed by atoms with Crippen LogP contribution in [0.5, 0.6) is 5.75 Å². The minimum atomic E-state index is -0.00453. The number of anilines is 1. The number of amides is 1. The van der Waals surface area contributed by atoms with Crippen LogP contribution in [0.4, 0.5) is 5.69 Å². The fourth-order valence-electron chi connectivity index (χ4n) is 2.39. The van der Waals surface area contributed by atoms with Crippen molar-refractivity contribution < 1.29 is 9.90 Å². The largest absolute Gasteiger partial charge is 0.508 e. The minimum Gasteiger partial charge on any atom is -0.508 e. The van der Waals surface area contributed by atoms with E-state index >= 15 is 0 Å². The number of aromatic hydroxyl groups is 1. The second-order valence-electron chi connectivity index (χ2n) is 4.50. The van der Waals surface area contributed by atoms with Gasteiger partial charge in [0.15, 0.2) is 0 Å². The van der Waals surface area contributed by atoms with E-state index in [1.165, 1.54) is 0 Å². The molecule has 0 aliphatic carbocycles. The fourth-order valence-corrected chi connectivity index (χ4v) is 2.39. The molecule has 1 unspecified atom stereocenters. The molecule has 0 radical (unpaired) electrons. The summed E-state index contributed by atoms with van der Waals surface area (Å²) in [5, 5.41) is 9.49. The number of carbonyl (C=O) groups excluding carboxylic acids is 1. The van der Waals surface area contributed by atoms with Crippen LogP contribution in [0, 0.1) is 32.1 Å². The van der Waals surface area contributed by atoms with E-state index in [0.717, 1.165) is 16.8 Å². The third-order valence-electron chi connectivity index (χ3n) is 3.11. The van der Waals surface area contributed by atoms with E-state index < -0.39 is 0 Å². The number of benzene rings is 1. The molecular weight excluding hydrogens is 214 g/mol. The SMILES string of the molecule is C#CC1CC(=O)N(c2c(C)cc(O)cc2C)C1. The highest BCUT2D eigenvalue weighted by Crippen LogP contribution is 2.33. The number of hydrogen-bond acceptors (Lipinski definition) is 2. The van der Waals surface area contributed by atoms with Gasteiger partial charge in [-0.15, -0.1) is 12.3 Å². The standard InChI is InChI=1S/C14H15NO2/c1-4-11-7-13(17)15(8-11)14-9(2)5-12(16)6-10(14)3/h1,5-6,11,16H,7-8H2,2-3H3. The van der Waals surface area contributed by atoms with Gasteiger partial charge in [0.05, 0.1) is 0 Å². The monoisotopic (exact) mass is 229 g/mol. The summed E-state index contributed by atoms with van der Waals surface area (Å²) in [6.07, 6.45) is 5.78. The molecule has 1 aliphatic heterocycles. The Morgan fingerprint density at radius 2 is 2.00 bits per heavy atom. The number of terminal acetylenes is 1. The van der Waals surface area contributed by atoms with Gasteiger partial charge in [0.2, 0.25) is 5.91 Å². The molecule has 1 aromatic carbocycles. The van der Waals surface area contributed by atoms with Gasteiger partial charge in [-0.05, 0) is 37.1 Å². The van der Waals surface area contributed by atoms with E-state index in [0.29, 0.717) is 13.0 Å². The van der Waals surface area contributed by atoms with Crippen LogP contribution in [0.25, 0.3) is 0 Å². The topological polar surface area (TPSA) is 40.5 Å². The highest BCUT2D eigenvalue weighted by molar-refractivity contribution is 5.97. The summed E-state index contributed by atoms with van der Waals surface area (Å²) in [4.78, 5) is 13.6. The van der Waals surface area contributed by atoms with Crippen molar-refractivity contribution in [3.05, 3.63) is 23.3 Å². The second kappa shape index (κ2) is 4.14. The van der Waals surface area contributed by atoms with E-state index in [-0.39, 0.29) is 17.6 Å². The first kappa shape index (κ1) is 11.5. The Morgan fingerprint density at radius 3 is 2.47 bits per heavy atom. The first-order chi connectivity index (χ1) is 8.02. The van der Waals surface area contributed by atoms with Gasteiger partial charge in [-0.25, -0.2) is 0 Å². The summed E-state index contributed by atoms with van der Waals surface area (Å²) in [6.45, 7) is 4.35. The molecule has 88 valence electrons. The van der Waals surface area contributed by atoms with E-state index in [4.69, 9.17) is 6.42 Å². The molecule has 3 nitrogen and oxygen atoms in total. The maximum absolute atomic E-state index is 11.9. The third kappa shape index (κ3) is 1.99.